The molecular weight excluding hydrogens is 212 g/mol. The van der Waals surface area contributed by atoms with Crippen LogP contribution in [0, 0.1) is 0 Å². The number of hydrogen-bond donors (Lipinski definition) is 0. The van der Waals surface area contributed by atoms with Crippen LogP contribution in [0.4, 0.5) is 0 Å². The molecule has 0 aliphatic heterocycles. The molecule has 2 nitrogen and oxygen atoms in total. The fourth-order valence-corrected chi connectivity index (χ4v) is 1.54. The summed E-state index contributed by atoms with van der Waals surface area (Å²) in [5.74, 6) is 0. The van der Waals surface area contributed by atoms with Crippen molar-refractivity contribution < 1.29 is 9.47 Å². The van der Waals surface area contributed by atoms with Crippen LogP contribution in [0.1, 0.15) is 18.4 Å². The minimum absolute atomic E-state index is 0.126. The van der Waals surface area contributed by atoms with Crippen molar-refractivity contribution in [2.24, 2.45) is 0 Å². The van der Waals surface area contributed by atoms with E-state index in [1.165, 1.54) is 11.8 Å². The Hall–Kier alpha value is -1.54. The van der Waals surface area contributed by atoms with Crippen molar-refractivity contribution in [3.63, 3.8) is 0 Å². The highest BCUT2D eigenvalue weighted by Crippen LogP contribution is 2.07. The highest BCUT2D eigenvalue weighted by Gasteiger charge is 2.05. The molecule has 92 valence electrons. The first kappa shape index (κ1) is 13.5. The first-order valence-electron chi connectivity index (χ1n) is 5.85. The summed E-state index contributed by atoms with van der Waals surface area (Å²) in [4.78, 5) is 0. The Labute approximate surface area is 104 Å². The highest BCUT2D eigenvalue weighted by atomic mass is 16.5. The van der Waals surface area contributed by atoms with Gasteiger partial charge in [0.15, 0.2) is 0 Å². The van der Waals surface area contributed by atoms with E-state index in [2.05, 4.69) is 25.3 Å². The lowest BCUT2D eigenvalue weighted by atomic mass is 10.2. The van der Waals surface area contributed by atoms with Crippen LogP contribution in [0.25, 0.3) is 0 Å². The zero-order valence-corrected chi connectivity index (χ0v) is 10.2. The lowest BCUT2D eigenvalue weighted by molar-refractivity contribution is 0.0663. The molecule has 0 aromatic heterocycles. The maximum atomic E-state index is 5.59. The van der Waals surface area contributed by atoms with E-state index in [4.69, 9.17) is 9.47 Å². The fourth-order valence-electron chi connectivity index (χ4n) is 1.54. The van der Waals surface area contributed by atoms with Crippen molar-refractivity contribution in [1.82, 2.24) is 0 Å². The first-order chi connectivity index (χ1) is 8.36. The molecule has 2 heteroatoms. The van der Waals surface area contributed by atoms with Crippen LogP contribution in [0.15, 0.2) is 55.8 Å². The summed E-state index contributed by atoms with van der Waals surface area (Å²) in [5, 5.41) is 0. The lowest BCUT2D eigenvalue weighted by Gasteiger charge is -2.14. The Bertz CT molecular complexity index is 309. The van der Waals surface area contributed by atoms with Gasteiger partial charge in [-0.1, -0.05) is 43.0 Å². The second kappa shape index (κ2) is 8.59. The number of benzene rings is 1. The predicted octanol–water partition coefficient (Wildman–Crippen LogP) is 3.70. The van der Waals surface area contributed by atoms with Gasteiger partial charge < -0.3 is 9.47 Å². The Morgan fingerprint density at radius 3 is 2.59 bits per heavy atom. The molecule has 0 N–H and O–H groups in total. The smallest absolute Gasteiger partial charge is 0.103 e. The minimum atomic E-state index is 0.126. The van der Waals surface area contributed by atoms with Gasteiger partial charge in [0, 0.05) is 12.8 Å². The van der Waals surface area contributed by atoms with Crippen molar-refractivity contribution in [2.75, 3.05) is 6.61 Å². The van der Waals surface area contributed by atoms with Gasteiger partial charge in [0.2, 0.25) is 0 Å². The van der Waals surface area contributed by atoms with E-state index in [1.807, 2.05) is 24.3 Å². The molecule has 0 radical (unpaired) electrons. The summed E-state index contributed by atoms with van der Waals surface area (Å²) >= 11 is 0. The van der Waals surface area contributed by atoms with Gasteiger partial charge in [0.05, 0.1) is 19.5 Å². The minimum Gasteiger partial charge on any atom is -0.498 e. The molecule has 0 saturated carbocycles. The monoisotopic (exact) mass is 232 g/mol. The molecule has 0 heterocycles. The third-order valence-electron chi connectivity index (χ3n) is 2.41. The van der Waals surface area contributed by atoms with Gasteiger partial charge in [-0.05, 0) is 5.56 Å². The van der Waals surface area contributed by atoms with Crippen molar-refractivity contribution in [1.29, 1.82) is 0 Å². The van der Waals surface area contributed by atoms with Gasteiger partial charge >= 0.3 is 0 Å². The number of rotatable bonds is 9. The molecule has 1 atom stereocenters. The zero-order chi connectivity index (χ0) is 12.3. The van der Waals surface area contributed by atoms with Crippen LogP contribution < -0.4 is 0 Å². The van der Waals surface area contributed by atoms with Crippen molar-refractivity contribution >= 4 is 0 Å². The molecule has 0 unspecified atom stereocenters. The van der Waals surface area contributed by atoms with Crippen LogP contribution in [-0.4, -0.2) is 12.7 Å². The normalized spacial score (nSPS) is 11.8. The van der Waals surface area contributed by atoms with Crippen LogP contribution in [0.2, 0.25) is 0 Å². The number of ether oxygens (including phenoxy) is 2. The molecule has 1 aromatic carbocycles. The second-order valence-corrected chi connectivity index (χ2v) is 3.78. The van der Waals surface area contributed by atoms with E-state index in [-0.39, 0.29) is 6.10 Å². The van der Waals surface area contributed by atoms with Gasteiger partial charge in [-0.3, -0.25) is 0 Å². The summed E-state index contributed by atoms with van der Waals surface area (Å²) < 4.78 is 10.9. The Balaban J connectivity index is 2.17. The maximum absolute atomic E-state index is 5.59. The largest absolute Gasteiger partial charge is 0.498 e. The third-order valence-corrected chi connectivity index (χ3v) is 2.41. The molecular formula is C15H20O2. The molecule has 1 aromatic rings. The second-order valence-electron chi connectivity index (χ2n) is 3.78. The molecule has 0 aliphatic carbocycles. The molecule has 17 heavy (non-hydrogen) atoms. The molecule has 0 aliphatic rings. The molecule has 1 rings (SSSR count). The quantitative estimate of drug-likeness (QED) is 0.367. The van der Waals surface area contributed by atoms with Crippen molar-refractivity contribution in [3.8, 4) is 0 Å². The van der Waals surface area contributed by atoms with Crippen molar-refractivity contribution in [3.05, 3.63) is 61.4 Å². The van der Waals surface area contributed by atoms with E-state index in [1.54, 1.807) is 0 Å². The topological polar surface area (TPSA) is 18.5 Å². The predicted molar refractivity (Wildman–Crippen MR) is 70.6 cm³/mol. The fraction of sp³-hybridized carbons (Fsp3) is 0.333. The highest BCUT2D eigenvalue weighted by molar-refractivity contribution is 5.13. The van der Waals surface area contributed by atoms with E-state index < -0.39 is 0 Å². The summed E-state index contributed by atoms with van der Waals surface area (Å²) in [7, 11) is 0. The van der Waals surface area contributed by atoms with Gasteiger partial charge in [-0.15, -0.1) is 6.58 Å². The van der Waals surface area contributed by atoms with Gasteiger partial charge in [-0.25, -0.2) is 0 Å². The van der Waals surface area contributed by atoms with Gasteiger partial charge in [0.1, 0.15) is 6.10 Å². The van der Waals surface area contributed by atoms with Crippen LogP contribution in [-0.2, 0) is 16.1 Å². The molecule has 0 fully saturated rings. The SMILES string of the molecule is C=CC[C@H](CCOCc1ccccc1)OC=C. The number of hydrogen-bond acceptors (Lipinski definition) is 2. The first-order valence-corrected chi connectivity index (χ1v) is 5.85. The summed E-state index contributed by atoms with van der Waals surface area (Å²) in [6.45, 7) is 8.60. The summed E-state index contributed by atoms with van der Waals surface area (Å²) in [5.41, 5.74) is 1.19. The van der Waals surface area contributed by atoms with Gasteiger partial charge in [0.25, 0.3) is 0 Å². The van der Waals surface area contributed by atoms with E-state index >= 15 is 0 Å². The molecule has 0 bridgehead atoms. The molecule has 0 amide bonds. The van der Waals surface area contributed by atoms with Crippen molar-refractivity contribution in [2.45, 2.75) is 25.6 Å². The Morgan fingerprint density at radius 2 is 1.94 bits per heavy atom. The zero-order valence-electron chi connectivity index (χ0n) is 10.2. The average Bonchev–Trinajstić information content (AvgIpc) is 2.36. The lowest BCUT2D eigenvalue weighted by Crippen LogP contribution is -2.12. The van der Waals surface area contributed by atoms with E-state index in [9.17, 15) is 0 Å². The van der Waals surface area contributed by atoms with Gasteiger partial charge in [-0.2, -0.15) is 0 Å². The molecule has 0 saturated heterocycles. The maximum Gasteiger partial charge on any atom is 0.103 e. The summed E-state index contributed by atoms with van der Waals surface area (Å²) in [6, 6.07) is 10.1. The third kappa shape index (κ3) is 5.93. The van der Waals surface area contributed by atoms with E-state index in [0.717, 1.165) is 12.8 Å². The Kier molecular flexibility index (Phi) is 6.84. The van der Waals surface area contributed by atoms with E-state index in [0.29, 0.717) is 13.2 Å². The van der Waals surface area contributed by atoms with Crippen LogP contribution >= 0.6 is 0 Å². The standard InChI is InChI=1S/C15H20O2/c1-3-8-15(17-4-2)11-12-16-13-14-9-6-5-7-10-14/h3-7,9-10,15H,1-2,8,11-13H2/t15-/m1/s1. The Morgan fingerprint density at radius 1 is 1.18 bits per heavy atom. The molecule has 0 spiro atoms. The van der Waals surface area contributed by atoms with Crippen LogP contribution in [0.3, 0.4) is 0 Å². The average molecular weight is 232 g/mol. The van der Waals surface area contributed by atoms with Crippen LogP contribution in [0.5, 0.6) is 0 Å². The summed E-state index contributed by atoms with van der Waals surface area (Å²) in [6.07, 6.45) is 5.13.